The van der Waals surface area contributed by atoms with Gasteiger partial charge in [-0.1, -0.05) is 13.3 Å². The van der Waals surface area contributed by atoms with Gasteiger partial charge in [0.1, 0.15) is 6.10 Å². The molecule has 1 aliphatic heterocycles. The molecular weight excluding hydrogens is 298 g/mol. The number of amides is 1. The van der Waals surface area contributed by atoms with E-state index < -0.39 is 5.79 Å². The van der Waals surface area contributed by atoms with Crippen LogP contribution < -0.4 is 5.32 Å². The number of carbonyl (C=O) groups excluding carboxylic acids is 2. The maximum atomic E-state index is 11.9. The number of hydrogen-bond donors (Lipinski definition) is 1. The van der Waals surface area contributed by atoms with Crippen molar-refractivity contribution >= 4 is 12.1 Å². The first-order valence-electron chi connectivity index (χ1n) is 8.94. The molecule has 0 aromatic rings. The summed E-state index contributed by atoms with van der Waals surface area (Å²) in [4.78, 5) is 23.5. The summed E-state index contributed by atoms with van der Waals surface area (Å²) in [5.74, 6) is -0.985. The van der Waals surface area contributed by atoms with Gasteiger partial charge in [-0.25, -0.2) is 4.79 Å². The Labute approximate surface area is 138 Å². The van der Waals surface area contributed by atoms with Crippen LogP contribution in [0, 0.1) is 0 Å². The molecule has 0 radical (unpaired) electrons. The third kappa shape index (κ3) is 6.01. The van der Waals surface area contributed by atoms with Crippen LogP contribution >= 0.6 is 0 Å². The zero-order valence-corrected chi connectivity index (χ0v) is 14.1. The summed E-state index contributed by atoms with van der Waals surface area (Å²) in [5.41, 5.74) is 0. The van der Waals surface area contributed by atoms with Crippen molar-refractivity contribution in [3.05, 3.63) is 0 Å². The highest BCUT2D eigenvalue weighted by atomic mass is 16.7. The van der Waals surface area contributed by atoms with E-state index >= 15 is 0 Å². The third-order valence-corrected chi connectivity index (χ3v) is 4.56. The molecular formula is C17H29NO5. The predicted octanol–water partition coefficient (Wildman–Crippen LogP) is 3.29. The van der Waals surface area contributed by atoms with Gasteiger partial charge in [-0.3, -0.25) is 4.79 Å². The molecule has 6 heteroatoms. The van der Waals surface area contributed by atoms with E-state index in [1.54, 1.807) is 0 Å². The van der Waals surface area contributed by atoms with Gasteiger partial charge in [0.2, 0.25) is 5.79 Å². The van der Waals surface area contributed by atoms with Crippen LogP contribution in [0.2, 0.25) is 0 Å². The molecule has 0 bridgehead atoms. The Balaban J connectivity index is 1.55. The molecule has 1 aliphatic carbocycles. The molecule has 6 nitrogen and oxygen atoms in total. The standard InChI is InChI=1S/C17H29NO5/c1-2-17(11-7-13-21-17)23-15(19)10-6-12-18-16(20)22-14-8-4-3-5-9-14/h14H,2-13H2,1H3,(H,18,20). The van der Waals surface area contributed by atoms with Crippen molar-refractivity contribution in [2.75, 3.05) is 13.2 Å². The molecule has 0 aromatic heterocycles. The van der Waals surface area contributed by atoms with Crippen LogP contribution in [0.3, 0.4) is 0 Å². The number of esters is 1. The number of alkyl carbamates (subject to hydrolysis) is 1. The Morgan fingerprint density at radius 3 is 2.65 bits per heavy atom. The number of hydrogen-bond acceptors (Lipinski definition) is 5. The Morgan fingerprint density at radius 1 is 1.22 bits per heavy atom. The second-order valence-electron chi connectivity index (χ2n) is 6.39. The lowest BCUT2D eigenvalue weighted by atomic mass is 9.98. The minimum Gasteiger partial charge on any atom is -0.446 e. The average Bonchev–Trinajstić information content (AvgIpc) is 3.01. The second-order valence-corrected chi connectivity index (χ2v) is 6.39. The SMILES string of the molecule is CCC1(OC(=O)CCCNC(=O)OC2CCCCC2)CCCO1. The Kier molecular flexibility index (Phi) is 7.15. The Bertz CT molecular complexity index is 386. The number of rotatable bonds is 7. The van der Waals surface area contributed by atoms with Crippen LogP contribution in [-0.2, 0) is 19.0 Å². The van der Waals surface area contributed by atoms with Gasteiger partial charge in [-0.2, -0.15) is 0 Å². The molecule has 1 heterocycles. The van der Waals surface area contributed by atoms with Crippen LogP contribution in [-0.4, -0.2) is 37.1 Å². The van der Waals surface area contributed by atoms with E-state index in [0.717, 1.165) is 38.5 Å². The summed E-state index contributed by atoms with van der Waals surface area (Å²) in [6, 6.07) is 0. The predicted molar refractivity (Wildman–Crippen MR) is 84.9 cm³/mol. The molecule has 2 fully saturated rings. The maximum Gasteiger partial charge on any atom is 0.407 e. The zero-order valence-electron chi connectivity index (χ0n) is 14.1. The van der Waals surface area contributed by atoms with Crippen molar-refractivity contribution in [2.45, 2.75) is 83.0 Å². The molecule has 132 valence electrons. The lowest BCUT2D eigenvalue weighted by Gasteiger charge is -2.26. The summed E-state index contributed by atoms with van der Waals surface area (Å²) in [7, 11) is 0. The first-order valence-corrected chi connectivity index (χ1v) is 8.94. The lowest BCUT2D eigenvalue weighted by Crippen LogP contribution is -2.34. The quantitative estimate of drug-likeness (QED) is 0.574. The van der Waals surface area contributed by atoms with Crippen LogP contribution in [0.25, 0.3) is 0 Å². The number of nitrogens with one attached hydrogen (secondary N) is 1. The molecule has 1 saturated heterocycles. The van der Waals surface area contributed by atoms with E-state index in [1.807, 2.05) is 6.92 Å². The first kappa shape index (κ1) is 18.0. The molecule has 1 amide bonds. The zero-order chi connectivity index (χ0) is 16.5. The minimum absolute atomic E-state index is 0.0534. The van der Waals surface area contributed by atoms with Gasteiger partial charge in [0, 0.05) is 25.8 Å². The largest absolute Gasteiger partial charge is 0.446 e. The molecule has 2 aliphatic rings. The van der Waals surface area contributed by atoms with Crippen LogP contribution in [0.4, 0.5) is 4.79 Å². The topological polar surface area (TPSA) is 73.9 Å². The van der Waals surface area contributed by atoms with E-state index in [9.17, 15) is 9.59 Å². The highest BCUT2D eigenvalue weighted by molar-refractivity contribution is 5.70. The third-order valence-electron chi connectivity index (χ3n) is 4.56. The average molecular weight is 327 g/mol. The van der Waals surface area contributed by atoms with Crippen molar-refractivity contribution in [2.24, 2.45) is 0 Å². The summed E-state index contributed by atoms with van der Waals surface area (Å²) in [5, 5.41) is 2.70. The van der Waals surface area contributed by atoms with Gasteiger partial charge in [-0.05, 0) is 38.5 Å². The van der Waals surface area contributed by atoms with Crippen LogP contribution in [0.15, 0.2) is 0 Å². The van der Waals surface area contributed by atoms with Gasteiger partial charge in [0.15, 0.2) is 0 Å². The fourth-order valence-corrected chi connectivity index (χ4v) is 3.16. The summed E-state index contributed by atoms with van der Waals surface area (Å²) < 4.78 is 16.4. The summed E-state index contributed by atoms with van der Waals surface area (Å²) in [6.45, 7) is 3.03. The van der Waals surface area contributed by atoms with E-state index in [0.29, 0.717) is 26.0 Å². The fraction of sp³-hybridized carbons (Fsp3) is 0.882. The van der Waals surface area contributed by atoms with Gasteiger partial charge in [0.05, 0.1) is 6.61 Å². The van der Waals surface area contributed by atoms with E-state index in [4.69, 9.17) is 14.2 Å². The molecule has 1 N–H and O–H groups in total. The number of ether oxygens (including phenoxy) is 3. The Morgan fingerprint density at radius 2 is 2.00 bits per heavy atom. The Hall–Kier alpha value is -1.30. The van der Waals surface area contributed by atoms with Crippen molar-refractivity contribution in [1.82, 2.24) is 5.32 Å². The molecule has 1 unspecified atom stereocenters. The summed E-state index contributed by atoms with van der Waals surface area (Å²) in [6.07, 6.45) is 8.25. The van der Waals surface area contributed by atoms with Gasteiger partial charge >= 0.3 is 12.1 Å². The van der Waals surface area contributed by atoms with Gasteiger partial charge in [0.25, 0.3) is 0 Å². The second kappa shape index (κ2) is 9.11. The van der Waals surface area contributed by atoms with Crippen molar-refractivity contribution in [3.8, 4) is 0 Å². The minimum atomic E-state index is -0.718. The fourth-order valence-electron chi connectivity index (χ4n) is 3.16. The van der Waals surface area contributed by atoms with Crippen molar-refractivity contribution < 1.29 is 23.8 Å². The monoisotopic (exact) mass is 327 g/mol. The highest BCUT2D eigenvalue weighted by Gasteiger charge is 2.37. The van der Waals surface area contributed by atoms with E-state index in [-0.39, 0.29) is 24.6 Å². The smallest absolute Gasteiger partial charge is 0.407 e. The molecule has 1 saturated carbocycles. The maximum absolute atomic E-state index is 11.9. The first-order chi connectivity index (χ1) is 11.1. The van der Waals surface area contributed by atoms with Crippen LogP contribution in [0.1, 0.15) is 71.1 Å². The molecule has 2 rings (SSSR count). The van der Waals surface area contributed by atoms with Crippen molar-refractivity contribution in [1.29, 1.82) is 0 Å². The van der Waals surface area contributed by atoms with Crippen LogP contribution in [0.5, 0.6) is 0 Å². The molecule has 0 spiro atoms. The van der Waals surface area contributed by atoms with Gasteiger partial charge < -0.3 is 19.5 Å². The molecule has 1 atom stereocenters. The molecule has 23 heavy (non-hydrogen) atoms. The molecule has 0 aromatic carbocycles. The van der Waals surface area contributed by atoms with E-state index in [1.165, 1.54) is 6.42 Å². The number of carbonyl (C=O) groups is 2. The normalized spacial score (nSPS) is 25.1. The lowest BCUT2D eigenvalue weighted by molar-refractivity contribution is -0.214. The van der Waals surface area contributed by atoms with Gasteiger partial charge in [-0.15, -0.1) is 0 Å². The summed E-state index contributed by atoms with van der Waals surface area (Å²) >= 11 is 0. The van der Waals surface area contributed by atoms with E-state index in [2.05, 4.69) is 5.32 Å². The van der Waals surface area contributed by atoms with Crippen molar-refractivity contribution in [3.63, 3.8) is 0 Å². The highest BCUT2D eigenvalue weighted by Crippen LogP contribution is 2.30.